The van der Waals surface area contributed by atoms with E-state index < -0.39 is 0 Å². The summed E-state index contributed by atoms with van der Waals surface area (Å²) in [6.45, 7) is 1.75. The van der Waals surface area contributed by atoms with E-state index in [9.17, 15) is 4.79 Å². The van der Waals surface area contributed by atoms with Crippen molar-refractivity contribution in [2.75, 3.05) is 56.4 Å². The number of hydrogen-bond acceptors (Lipinski definition) is 9. The molecule has 0 spiro atoms. The lowest BCUT2D eigenvalue weighted by atomic mass is 10.1. The van der Waals surface area contributed by atoms with Crippen LogP contribution in [-0.4, -0.2) is 78.1 Å². The second kappa shape index (κ2) is 8.96. The van der Waals surface area contributed by atoms with Crippen LogP contribution in [0.3, 0.4) is 0 Å². The molecule has 1 aliphatic heterocycles. The molecule has 0 atom stereocenters. The lowest BCUT2D eigenvalue weighted by Gasteiger charge is -2.44. The molecule has 0 saturated carbocycles. The van der Waals surface area contributed by atoms with Crippen LogP contribution in [0.15, 0.2) is 49.1 Å². The standard InChI is InChI=1S/C24H26N8OS/c1-30(2)17-13-32(14-17)22-18-11-26-19(20-12-27-24(34-20)31(3)4)9-16(18)10-21(28-22)29-23(33)15-5-7-25-8-6-15/h5-12,17H,13-14H2,1-4H3,(H,28,29,33). The maximum atomic E-state index is 12.8. The third-order valence-corrected chi connectivity index (χ3v) is 7.09. The van der Waals surface area contributed by atoms with Gasteiger partial charge in [-0.25, -0.2) is 9.97 Å². The van der Waals surface area contributed by atoms with Crippen molar-refractivity contribution < 1.29 is 4.79 Å². The Morgan fingerprint density at radius 2 is 1.85 bits per heavy atom. The Bertz CT molecular complexity index is 1330. The van der Waals surface area contributed by atoms with Gasteiger partial charge in [0.2, 0.25) is 0 Å². The zero-order chi connectivity index (χ0) is 23.8. The fourth-order valence-electron chi connectivity index (χ4n) is 3.81. The van der Waals surface area contributed by atoms with Crippen LogP contribution in [-0.2, 0) is 0 Å². The first-order valence-corrected chi connectivity index (χ1v) is 11.8. The number of nitrogens with zero attached hydrogens (tertiary/aromatic N) is 7. The maximum absolute atomic E-state index is 12.8. The van der Waals surface area contributed by atoms with Crippen molar-refractivity contribution in [2.45, 2.75) is 6.04 Å². The van der Waals surface area contributed by atoms with Crippen molar-refractivity contribution in [1.29, 1.82) is 0 Å². The SMILES string of the molecule is CN(C)c1ncc(-c2cc3cc(NC(=O)c4ccncc4)nc(N4CC(N(C)C)C4)c3cn2)s1. The van der Waals surface area contributed by atoms with E-state index in [2.05, 4.69) is 39.2 Å². The molecule has 0 aliphatic carbocycles. The molecule has 1 saturated heterocycles. The van der Waals surface area contributed by atoms with Crippen LogP contribution in [0.25, 0.3) is 21.3 Å². The van der Waals surface area contributed by atoms with E-state index in [0.717, 1.165) is 45.4 Å². The molecule has 1 amide bonds. The van der Waals surface area contributed by atoms with Gasteiger partial charge < -0.3 is 20.0 Å². The Labute approximate surface area is 202 Å². The van der Waals surface area contributed by atoms with Gasteiger partial charge in [-0.3, -0.25) is 14.8 Å². The molecule has 5 heterocycles. The Morgan fingerprint density at radius 1 is 1.09 bits per heavy atom. The van der Waals surface area contributed by atoms with E-state index in [1.54, 1.807) is 35.9 Å². The summed E-state index contributed by atoms with van der Waals surface area (Å²) in [7, 11) is 8.12. The number of carbonyl (C=O) groups is 1. The minimum atomic E-state index is -0.220. The van der Waals surface area contributed by atoms with Crippen molar-refractivity contribution >= 4 is 44.8 Å². The highest BCUT2D eigenvalue weighted by molar-refractivity contribution is 7.18. The Balaban J connectivity index is 1.53. The predicted molar refractivity (Wildman–Crippen MR) is 137 cm³/mol. The van der Waals surface area contributed by atoms with E-state index >= 15 is 0 Å². The van der Waals surface area contributed by atoms with Crippen molar-refractivity contribution in [3.63, 3.8) is 0 Å². The van der Waals surface area contributed by atoms with Crippen LogP contribution in [0.2, 0.25) is 0 Å². The van der Waals surface area contributed by atoms with Crippen molar-refractivity contribution in [1.82, 2.24) is 24.8 Å². The van der Waals surface area contributed by atoms with Gasteiger partial charge in [0.25, 0.3) is 5.91 Å². The monoisotopic (exact) mass is 474 g/mol. The van der Waals surface area contributed by atoms with Gasteiger partial charge in [0.15, 0.2) is 5.13 Å². The summed E-state index contributed by atoms with van der Waals surface area (Å²) in [6, 6.07) is 7.78. The van der Waals surface area contributed by atoms with E-state index in [1.165, 1.54) is 0 Å². The Kier molecular flexibility index (Phi) is 5.84. The summed E-state index contributed by atoms with van der Waals surface area (Å²) in [5.41, 5.74) is 1.38. The molecular weight excluding hydrogens is 448 g/mol. The van der Waals surface area contributed by atoms with Gasteiger partial charge in [0, 0.05) is 69.0 Å². The van der Waals surface area contributed by atoms with Gasteiger partial charge in [-0.15, -0.1) is 0 Å². The number of likely N-dealkylation sites (N-methyl/N-ethyl adjacent to an activating group) is 1. The first kappa shape index (κ1) is 22.2. The van der Waals surface area contributed by atoms with Gasteiger partial charge in [0.1, 0.15) is 11.6 Å². The smallest absolute Gasteiger partial charge is 0.256 e. The predicted octanol–water partition coefficient (Wildman–Crippen LogP) is 3.22. The number of aromatic nitrogens is 4. The summed E-state index contributed by atoms with van der Waals surface area (Å²) < 4.78 is 0. The van der Waals surface area contributed by atoms with Gasteiger partial charge in [-0.1, -0.05) is 11.3 Å². The van der Waals surface area contributed by atoms with Crippen LogP contribution in [0.4, 0.5) is 16.8 Å². The summed E-state index contributed by atoms with van der Waals surface area (Å²) >= 11 is 1.59. The van der Waals surface area contributed by atoms with E-state index in [-0.39, 0.29) is 5.91 Å². The zero-order valence-corrected chi connectivity index (χ0v) is 20.4. The summed E-state index contributed by atoms with van der Waals surface area (Å²) in [5.74, 6) is 1.12. The van der Waals surface area contributed by atoms with E-state index in [4.69, 9.17) is 9.97 Å². The topological polar surface area (TPSA) is 90.4 Å². The van der Waals surface area contributed by atoms with E-state index in [1.807, 2.05) is 43.5 Å². The molecule has 174 valence electrons. The average Bonchev–Trinajstić information content (AvgIpc) is 3.29. The highest BCUT2D eigenvalue weighted by Gasteiger charge is 2.31. The van der Waals surface area contributed by atoms with Crippen LogP contribution >= 0.6 is 11.3 Å². The van der Waals surface area contributed by atoms with Crippen LogP contribution in [0, 0.1) is 0 Å². The normalized spacial score (nSPS) is 13.9. The molecule has 9 nitrogen and oxygen atoms in total. The molecule has 4 aromatic heterocycles. The molecule has 0 unspecified atom stereocenters. The molecule has 0 aromatic carbocycles. The largest absolute Gasteiger partial charge is 0.354 e. The fraction of sp³-hybridized carbons (Fsp3) is 0.292. The minimum absolute atomic E-state index is 0.220. The molecule has 0 bridgehead atoms. The number of carbonyl (C=O) groups excluding carboxylic acids is 1. The highest BCUT2D eigenvalue weighted by atomic mass is 32.1. The second-order valence-corrected chi connectivity index (χ2v) is 9.74. The molecular formula is C24H26N8OS. The number of nitrogens with one attached hydrogen (secondary N) is 1. The number of hydrogen-bond donors (Lipinski definition) is 1. The first-order chi connectivity index (χ1) is 16.4. The third kappa shape index (κ3) is 4.29. The lowest BCUT2D eigenvalue weighted by Crippen LogP contribution is -2.57. The van der Waals surface area contributed by atoms with Gasteiger partial charge in [-0.2, -0.15) is 0 Å². The third-order valence-electron chi connectivity index (χ3n) is 5.90. The van der Waals surface area contributed by atoms with Gasteiger partial charge >= 0.3 is 0 Å². The molecule has 1 aliphatic rings. The van der Waals surface area contributed by atoms with Crippen molar-refractivity contribution in [3.8, 4) is 10.6 Å². The molecule has 5 rings (SSSR count). The molecule has 1 fully saturated rings. The van der Waals surface area contributed by atoms with Crippen molar-refractivity contribution in [2.24, 2.45) is 0 Å². The average molecular weight is 475 g/mol. The first-order valence-electron chi connectivity index (χ1n) is 11.0. The van der Waals surface area contributed by atoms with Crippen LogP contribution in [0.5, 0.6) is 0 Å². The number of pyridine rings is 3. The van der Waals surface area contributed by atoms with Gasteiger partial charge in [-0.05, 0) is 43.7 Å². The molecule has 4 aromatic rings. The number of rotatable bonds is 6. The summed E-state index contributed by atoms with van der Waals surface area (Å²) in [5, 5.41) is 5.80. The Morgan fingerprint density at radius 3 is 2.53 bits per heavy atom. The van der Waals surface area contributed by atoms with Crippen LogP contribution < -0.4 is 15.1 Å². The molecule has 34 heavy (non-hydrogen) atoms. The number of fused-ring (bicyclic) bond motifs is 1. The molecule has 0 radical (unpaired) electrons. The number of amides is 1. The van der Waals surface area contributed by atoms with Gasteiger partial charge in [0.05, 0.1) is 10.6 Å². The molecule has 10 heteroatoms. The number of anilines is 3. The minimum Gasteiger partial charge on any atom is -0.354 e. The molecule has 1 N–H and O–H groups in total. The van der Waals surface area contributed by atoms with Crippen LogP contribution in [0.1, 0.15) is 10.4 Å². The number of thiazole rings is 1. The quantitative estimate of drug-likeness (QED) is 0.456. The fourth-order valence-corrected chi connectivity index (χ4v) is 4.61. The summed E-state index contributed by atoms with van der Waals surface area (Å²) in [4.78, 5) is 38.2. The lowest BCUT2D eigenvalue weighted by molar-refractivity contribution is 0.102. The highest BCUT2D eigenvalue weighted by Crippen LogP contribution is 2.35. The van der Waals surface area contributed by atoms with E-state index in [0.29, 0.717) is 17.4 Å². The Hall–Kier alpha value is -3.63. The zero-order valence-electron chi connectivity index (χ0n) is 19.6. The second-order valence-electron chi connectivity index (χ2n) is 8.74. The summed E-state index contributed by atoms with van der Waals surface area (Å²) in [6.07, 6.45) is 6.92. The maximum Gasteiger partial charge on any atom is 0.256 e. The van der Waals surface area contributed by atoms with Crippen molar-refractivity contribution in [3.05, 3.63) is 54.6 Å².